The van der Waals surface area contributed by atoms with Crippen LogP contribution in [0.1, 0.15) is 0 Å². The fourth-order valence-electron chi connectivity index (χ4n) is 4.20. The van der Waals surface area contributed by atoms with Crippen LogP contribution in [0, 0.1) is 11.6 Å². The van der Waals surface area contributed by atoms with E-state index in [4.69, 9.17) is 10.2 Å². The highest BCUT2D eigenvalue weighted by Gasteiger charge is 2.18. The fourth-order valence-corrected chi connectivity index (χ4v) is 4.20. The van der Waals surface area contributed by atoms with Gasteiger partial charge in [0.25, 0.3) is 0 Å². The van der Waals surface area contributed by atoms with Crippen molar-refractivity contribution in [2.75, 3.05) is 0 Å². The van der Waals surface area contributed by atoms with Gasteiger partial charge in [-0.05, 0) is 84.9 Å². The zero-order valence-electron chi connectivity index (χ0n) is 19.1. The Labute approximate surface area is 206 Å². The van der Waals surface area contributed by atoms with Crippen LogP contribution in [-0.4, -0.2) is 19.6 Å². The number of hydrogen-bond acceptors (Lipinski definition) is 2. The topological polar surface area (TPSA) is 35.6 Å². The van der Waals surface area contributed by atoms with Crippen molar-refractivity contribution < 1.29 is 8.78 Å². The third kappa shape index (κ3) is 4.09. The molecule has 0 aliphatic rings. The lowest BCUT2D eigenvalue weighted by Gasteiger charge is -2.07. The Bertz CT molecular complexity index is 1490. The molecule has 174 valence electrons. The first-order valence-electron chi connectivity index (χ1n) is 11.5. The summed E-state index contributed by atoms with van der Waals surface area (Å²) in [7, 11) is 0. The van der Waals surface area contributed by atoms with Crippen molar-refractivity contribution >= 4 is 0 Å². The zero-order chi connectivity index (χ0) is 24.5. The minimum Gasteiger partial charge on any atom is -0.232 e. The molecule has 2 aromatic heterocycles. The van der Waals surface area contributed by atoms with Gasteiger partial charge in [0.1, 0.15) is 23.0 Å². The zero-order valence-corrected chi connectivity index (χ0v) is 19.1. The smallest absolute Gasteiger partial charge is 0.123 e. The van der Waals surface area contributed by atoms with Crippen molar-refractivity contribution in [2.24, 2.45) is 0 Å². The summed E-state index contributed by atoms with van der Waals surface area (Å²) >= 11 is 0. The van der Waals surface area contributed by atoms with Crippen LogP contribution >= 0.6 is 0 Å². The van der Waals surface area contributed by atoms with Gasteiger partial charge >= 0.3 is 0 Å². The molecule has 0 saturated carbocycles. The Kier molecular flexibility index (Phi) is 5.46. The molecule has 0 radical (unpaired) electrons. The monoisotopic (exact) mass is 474 g/mol. The van der Waals surface area contributed by atoms with E-state index in [1.54, 1.807) is 24.3 Å². The Hall–Kier alpha value is -4.84. The van der Waals surface area contributed by atoms with E-state index >= 15 is 0 Å². The predicted octanol–water partition coefficient (Wildman–Crippen LogP) is 7.34. The van der Waals surface area contributed by atoms with Gasteiger partial charge in [0, 0.05) is 11.1 Å². The molecule has 2 heterocycles. The summed E-state index contributed by atoms with van der Waals surface area (Å²) < 4.78 is 30.9. The van der Waals surface area contributed by atoms with E-state index in [1.807, 2.05) is 82.2 Å². The Morgan fingerprint density at radius 3 is 1.17 bits per heavy atom. The average Bonchev–Trinajstić information content (AvgIpc) is 3.56. The van der Waals surface area contributed by atoms with E-state index in [9.17, 15) is 8.78 Å². The third-order valence-electron chi connectivity index (χ3n) is 5.96. The first-order chi connectivity index (χ1) is 17.7. The standard InChI is InChI=1S/C30H20F2N4/c31-23-15-11-21(12-16-23)29-19-27(33-35(29)25-7-3-1-4-8-25)28-20-30(22-13-17-24(32)18-14-22)36(34-28)26-9-5-2-6-10-26/h1-20H. The van der Waals surface area contributed by atoms with Gasteiger partial charge in [-0.2, -0.15) is 10.2 Å². The molecule has 4 nitrogen and oxygen atoms in total. The molecule has 0 aliphatic carbocycles. The molecule has 0 spiro atoms. The van der Waals surface area contributed by atoms with E-state index in [1.165, 1.54) is 24.3 Å². The summed E-state index contributed by atoms with van der Waals surface area (Å²) in [6, 6.07) is 36.2. The molecule has 0 fully saturated rings. The first-order valence-corrected chi connectivity index (χ1v) is 11.5. The Morgan fingerprint density at radius 1 is 0.444 bits per heavy atom. The van der Waals surface area contributed by atoms with Crippen LogP contribution in [0.3, 0.4) is 0 Å². The van der Waals surface area contributed by atoms with Crippen molar-refractivity contribution in [3.8, 4) is 45.3 Å². The van der Waals surface area contributed by atoms with Crippen LogP contribution in [-0.2, 0) is 0 Å². The molecule has 6 heteroatoms. The van der Waals surface area contributed by atoms with Gasteiger partial charge in [0.05, 0.1) is 22.8 Å². The molecule has 0 amide bonds. The van der Waals surface area contributed by atoms with Crippen molar-refractivity contribution in [3.05, 3.63) is 133 Å². The number of nitrogens with zero attached hydrogens (tertiary/aromatic N) is 4. The molecule has 36 heavy (non-hydrogen) atoms. The second-order valence-electron chi connectivity index (χ2n) is 8.34. The largest absolute Gasteiger partial charge is 0.232 e. The first kappa shape index (κ1) is 21.7. The van der Waals surface area contributed by atoms with Crippen LogP contribution in [0.4, 0.5) is 8.78 Å². The summed E-state index contributed by atoms with van der Waals surface area (Å²) in [5, 5.41) is 9.78. The lowest BCUT2D eigenvalue weighted by Crippen LogP contribution is -2.00. The van der Waals surface area contributed by atoms with E-state index in [-0.39, 0.29) is 11.6 Å². The SMILES string of the molecule is Fc1ccc(-c2cc(-c3cc(-c4ccc(F)cc4)n(-c4ccccc4)n3)nn2-c2ccccc2)cc1. The summed E-state index contributed by atoms with van der Waals surface area (Å²) in [5.41, 5.74) is 6.38. The molecule has 4 aromatic carbocycles. The second-order valence-corrected chi connectivity index (χ2v) is 8.34. The summed E-state index contributed by atoms with van der Waals surface area (Å²) in [4.78, 5) is 0. The summed E-state index contributed by atoms with van der Waals surface area (Å²) in [6.45, 7) is 0. The molecule has 6 rings (SSSR count). The van der Waals surface area contributed by atoms with Gasteiger partial charge in [0.2, 0.25) is 0 Å². The highest BCUT2D eigenvalue weighted by molar-refractivity contribution is 5.73. The quantitative estimate of drug-likeness (QED) is 0.262. The third-order valence-corrected chi connectivity index (χ3v) is 5.96. The average molecular weight is 475 g/mol. The Morgan fingerprint density at radius 2 is 0.806 bits per heavy atom. The maximum absolute atomic E-state index is 13.6. The van der Waals surface area contributed by atoms with Gasteiger partial charge in [-0.15, -0.1) is 0 Å². The minimum atomic E-state index is -0.296. The predicted molar refractivity (Wildman–Crippen MR) is 137 cm³/mol. The normalized spacial score (nSPS) is 11.1. The number of halogens is 2. The molecule has 6 aromatic rings. The molecule has 0 atom stereocenters. The van der Waals surface area contributed by atoms with Crippen molar-refractivity contribution in [3.63, 3.8) is 0 Å². The van der Waals surface area contributed by atoms with E-state index in [0.717, 1.165) is 33.9 Å². The lowest BCUT2D eigenvalue weighted by atomic mass is 10.1. The van der Waals surface area contributed by atoms with Gasteiger partial charge in [-0.3, -0.25) is 0 Å². The number of aromatic nitrogens is 4. The van der Waals surface area contributed by atoms with Crippen LogP contribution in [0.15, 0.2) is 121 Å². The van der Waals surface area contributed by atoms with Crippen molar-refractivity contribution in [1.82, 2.24) is 19.6 Å². The highest BCUT2D eigenvalue weighted by atomic mass is 19.1. The molecule has 0 saturated heterocycles. The molecule has 0 bridgehead atoms. The summed E-state index contributed by atoms with van der Waals surface area (Å²) in [6.07, 6.45) is 0. The molecular weight excluding hydrogens is 454 g/mol. The van der Waals surface area contributed by atoms with Crippen LogP contribution in [0.25, 0.3) is 45.3 Å². The van der Waals surface area contributed by atoms with Gasteiger partial charge in [-0.1, -0.05) is 36.4 Å². The number of hydrogen-bond donors (Lipinski definition) is 0. The minimum absolute atomic E-state index is 0.296. The number of para-hydroxylation sites is 2. The van der Waals surface area contributed by atoms with E-state index in [0.29, 0.717) is 11.4 Å². The Balaban J connectivity index is 1.53. The van der Waals surface area contributed by atoms with E-state index < -0.39 is 0 Å². The van der Waals surface area contributed by atoms with Crippen molar-refractivity contribution in [2.45, 2.75) is 0 Å². The van der Waals surface area contributed by atoms with Crippen molar-refractivity contribution in [1.29, 1.82) is 0 Å². The highest BCUT2D eigenvalue weighted by Crippen LogP contribution is 2.32. The molecular formula is C30H20F2N4. The van der Waals surface area contributed by atoms with Crippen LogP contribution < -0.4 is 0 Å². The van der Waals surface area contributed by atoms with Gasteiger partial charge < -0.3 is 0 Å². The number of rotatable bonds is 5. The molecule has 0 aliphatic heterocycles. The maximum atomic E-state index is 13.6. The maximum Gasteiger partial charge on any atom is 0.123 e. The van der Waals surface area contributed by atoms with E-state index in [2.05, 4.69) is 0 Å². The molecule has 0 unspecified atom stereocenters. The second kappa shape index (κ2) is 9.07. The fraction of sp³-hybridized carbons (Fsp3) is 0. The lowest BCUT2D eigenvalue weighted by molar-refractivity contribution is 0.627. The van der Waals surface area contributed by atoms with Gasteiger partial charge in [0.15, 0.2) is 0 Å². The van der Waals surface area contributed by atoms with Gasteiger partial charge in [-0.25, -0.2) is 18.1 Å². The number of benzene rings is 4. The summed E-state index contributed by atoms with van der Waals surface area (Å²) in [5.74, 6) is -0.592. The van der Waals surface area contributed by atoms with Crippen LogP contribution in [0.2, 0.25) is 0 Å². The molecule has 0 N–H and O–H groups in total. The van der Waals surface area contributed by atoms with Crippen LogP contribution in [0.5, 0.6) is 0 Å².